The Balaban J connectivity index is 0.00000364. The molecule has 0 spiro atoms. The SMILES string of the molecule is CCNC(=NCc1cccc(OC)c1OC1CCCC1)NCCCOC.I. The van der Waals surface area contributed by atoms with Crippen LogP contribution in [0, 0.1) is 0 Å². The molecule has 1 aliphatic carbocycles. The maximum Gasteiger partial charge on any atom is 0.191 e. The highest BCUT2D eigenvalue weighted by Crippen LogP contribution is 2.35. The normalized spacial score (nSPS) is 14.6. The van der Waals surface area contributed by atoms with E-state index in [0.717, 1.165) is 62.0 Å². The number of ether oxygens (including phenoxy) is 3. The maximum atomic E-state index is 6.28. The van der Waals surface area contributed by atoms with Crippen molar-refractivity contribution in [3.05, 3.63) is 23.8 Å². The van der Waals surface area contributed by atoms with E-state index in [4.69, 9.17) is 19.2 Å². The first-order valence-electron chi connectivity index (χ1n) is 9.62. The number of nitrogens with one attached hydrogen (secondary N) is 2. The largest absolute Gasteiger partial charge is 0.493 e. The van der Waals surface area contributed by atoms with Crippen LogP contribution in [-0.2, 0) is 11.3 Å². The summed E-state index contributed by atoms with van der Waals surface area (Å²) in [6, 6.07) is 6.00. The zero-order chi connectivity index (χ0) is 18.6. The van der Waals surface area contributed by atoms with Crippen molar-refractivity contribution in [2.45, 2.75) is 51.7 Å². The standard InChI is InChI=1S/C20H33N3O3.HI/c1-4-21-20(22-13-8-14-24-2)23-15-16-9-7-12-18(25-3)19(16)26-17-10-5-6-11-17;/h7,9,12,17H,4-6,8,10-11,13-15H2,1-3H3,(H2,21,22,23);1H. The summed E-state index contributed by atoms with van der Waals surface area (Å²) in [6.07, 6.45) is 5.94. The molecule has 0 radical (unpaired) electrons. The number of halogens is 1. The van der Waals surface area contributed by atoms with E-state index >= 15 is 0 Å². The lowest BCUT2D eigenvalue weighted by Gasteiger charge is -2.19. The van der Waals surface area contributed by atoms with Gasteiger partial charge in [0.25, 0.3) is 0 Å². The maximum absolute atomic E-state index is 6.28. The Bertz CT molecular complexity index is 563. The lowest BCUT2D eigenvalue weighted by Crippen LogP contribution is -2.38. The minimum absolute atomic E-state index is 0. The van der Waals surface area contributed by atoms with Crippen molar-refractivity contribution in [2.75, 3.05) is 33.9 Å². The van der Waals surface area contributed by atoms with Gasteiger partial charge in [-0.1, -0.05) is 12.1 Å². The molecule has 7 heteroatoms. The highest BCUT2D eigenvalue weighted by atomic mass is 127. The molecule has 0 atom stereocenters. The van der Waals surface area contributed by atoms with Crippen molar-refractivity contribution in [3.63, 3.8) is 0 Å². The number of aliphatic imine (C=N–C) groups is 1. The van der Waals surface area contributed by atoms with Crippen LogP contribution in [0.2, 0.25) is 0 Å². The van der Waals surface area contributed by atoms with E-state index in [1.54, 1.807) is 14.2 Å². The molecule has 1 fully saturated rings. The summed E-state index contributed by atoms with van der Waals surface area (Å²) in [5.74, 6) is 2.42. The Morgan fingerprint density at radius 1 is 1.19 bits per heavy atom. The quantitative estimate of drug-likeness (QED) is 0.226. The van der Waals surface area contributed by atoms with Crippen LogP contribution < -0.4 is 20.1 Å². The minimum atomic E-state index is 0. The predicted molar refractivity (Wildman–Crippen MR) is 121 cm³/mol. The number of methoxy groups -OCH3 is 2. The summed E-state index contributed by atoms with van der Waals surface area (Å²) in [6.45, 7) is 4.98. The van der Waals surface area contributed by atoms with Crippen LogP contribution in [0.4, 0.5) is 0 Å². The van der Waals surface area contributed by atoms with Crippen molar-refractivity contribution in [2.24, 2.45) is 4.99 Å². The van der Waals surface area contributed by atoms with Gasteiger partial charge in [-0.3, -0.25) is 0 Å². The molecule has 0 saturated heterocycles. The van der Waals surface area contributed by atoms with Crippen LogP contribution in [0.5, 0.6) is 11.5 Å². The molecule has 0 aliphatic heterocycles. The zero-order valence-electron chi connectivity index (χ0n) is 16.8. The molecule has 6 nitrogen and oxygen atoms in total. The van der Waals surface area contributed by atoms with Crippen LogP contribution in [0.1, 0.15) is 44.6 Å². The fourth-order valence-electron chi connectivity index (χ4n) is 3.08. The number of hydrogen-bond donors (Lipinski definition) is 2. The third-order valence-electron chi connectivity index (χ3n) is 4.44. The van der Waals surface area contributed by atoms with Crippen LogP contribution in [-0.4, -0.2) is 46.0 Å². The molecule has 2 rings (SSSR count). The molecule has 154 valence electrons. The average molecular weight is 491 g/mol. The smallest absolute Gasteiger partial charge is 0.191 e. The number of rotatable bonds is 10. The van der Waals surface area contributed by atoms with Gasteiger partial charge >= 0.3 is 0 Å². The van der Waals surface area contributed by atoms with Gasteiger partial charge in [-0.15, -0.1) is 24.0 Å². The Kier molecular flexibility index (Phi) is 12.2. The third kappa shape index (κ3) is 8.13. The van der Waals surface area contributed by atoms with E-state index in [9.17, 15) is 0 Å². The Hall–Kier alpha value is -1.22. The number of hydrogen-bond acceptors (Lipinski definition) is 4. The van der Waals surface area contributed by atoms with Crippen molar-refractivity contribution in [1.82, 2.24) is 10.6 Å². The molecule has 1 aliphatic rings. The number of nitrogens with zero attached hydrogens (tertiary/aromatic N) is 1. The highest BCUT2D eigenvalue weighted by Gasteiger charge is 2.20. The van der Waals surface area contributed by atoms with E-state index in [0.29, 0.717) is 6.54 Å². The summed E-state index contributed by atoms with van der Waals surface area (Å²) in [5.41, 5.74) is 1.05. The van der Waals surface area contributed by atoms with Crippen LogP contribution in [0.15, 0.2) is 23.2 Å². The lowest BCUT2D eigenvalue weighted by molar-refractivity contribution is 0.195. The second-order valence-electron chi connectivity index (χ2n) is 6.44. The molecule has 0 amide bonds. The fraction of sp³-hybridized carbons (Fsp3) is 0.650. The molecule has 1 saturated carbocycles. The van der Waals surface area contributed by atoms with Crippen molar-refractivity contribution in [3.8, 4) is 11.5 Å². The third-order valence-corrected chi connectivity index (χ3v) is 4.44. The van der Waals surface area contributed by atoms with Crippen LogP contribution >= 0.6 is 24.0 Å². The van der Waals surface area contributed by atoms with E-state index in [1.165, 1.54) is 12.8 Å². The van der Waals surface area contributed by atoms with E-state index in [1.807, 2.05) is 12.1 Å². The summed E-state index contributed by atoms with van der Waals surface area (Å²) < 4.78 is 16.9. The van der Waals surface area contributed by atoms with Gasteiger partial charge in [0, 0.05) is 32.4 Å². The molecule has 0 aromatic heterocycles. The molecule has 27 heavy (non-hydrogen) atoms. The Morgan fingerprint density at radius 3 is 2.63 bits per heavy atom. The molecule has 2 N–H and O–H groups in total. The van der Waals surface area contributed by atoms with Crippen molar-refractivity contribution >= 4 is 29.9 Å². The van der Waals surface area contributed by atoms with Gasteiger partial charge in [0.15, 0.2) is 17.5 Å². The summed E-state index contributed by atoms with van der Waals surface area (Å²) in [4.78, 5) is 4.71. The second kappa shape index (κ2) is 13.9. The first-order valence-corrected chi connectivity index (χ1v) is 9.62. The van der Waals surface area contributed by atoms with E-state index in [-0.39, 0.29) is 30.1 Å². The fourth-order valence-corrected chi connectivity index (χ4v) is 3.08. The van der Waals surface area contributed by atoms with Gasteiger partial charge in [-0.05, 0) is 45.1 Å². The molecule has 1 aromatic carbocycles. The second-order valence-corrected chi connectivity index (χ2v) is 6.44. The van der Waals surface area contributed by atoms with Crippen molar-refractivity contribution < 1.29 is 14.2 Å². The van der Waals surface area contributed by atoms with Gasteiger partial charge in [0.2, 0.25) is 0 Å². The number of benzene rings is 1. The minimum Gasteiger partial charge on any atom is -0.493 e. The molecule has 1 aromatic rings. The van der Waals surface area contributed by atoms with E-state index in [2.05, 4.69) is 23.6 Å². The number of guanidine groups is 1. The van der Waals surface area contributed by atoms with Gasteiger partial charge in [-0.25, -0.2) is 4.99 Å². The van der Waals surface area contributed by atoms with Crippen LogP contribution in [0.25, 0.3) is 0 Å². The first kappa shape index (κ1) is 23.8. The van der Waals surface area contributed by atoms with E-state index < -0.39 is 0 Å². The Labute approximate surface area is 180 Å². The zero-order valence-corrected chi connectivity index (χ0v) is 19.1. The van der Waals surface area contributed by atoms with Gasteiger partial charge in [0.05, 0.1) is 19.8 Å². The highest BCUT2D eigenvalue weighted by molar-refractivity contribution is 14.0. The topological polar surface area (TPSA) is 64.1 Å². The lowest BCUT2D eigenvalue weighted by atomic mass is 10.1. The molecule has 0 bridgehead atoms. The van der Waals surface area contributed by atoms with Crippen LogP contribution in [0.3, 0.4) is 0 Å². The van der Waals surface area contributed by atoms with Gasteiger partial charge in [-0.2, -0.15) is 0 Å². The van der Waals surface area contributed by atoms with Gasteiger partial charge in [0.1, 0.15) is 0 Å². The summed E-state index contributed by atoms with van der Waals surface area (Å²) in [5, 5.41) is 6.61. The molecule has 0 unspecified atom stereocenters. The van der Waals surface area contributed by atoms with Crippen molar-refractivity contribution in [1.29, 1.82) is 0 Å². The monoisotopic (exact) mass is 491 g/mol. The molecular formula is C20H34IN3O3. The number of para-hydroxylation sites is 1. The Morgan fingerprint density at radius 2 is 1.96 bits per heavy atom. The van der Waals surface area contributed by atoms with Gasteiger partial charge < -0.3 is 24.8 Å². The summed E-state index contributed by atoms with van der Waals surface area (Å²) in [7, 11) is 3.40. The average Bonchev–Trinajstić information content (AvgIpc) is 3.17. The molecular weight excluding hydrogens is 457 g/mol. The first-order chi connectivity index (χ1) is 12.8. The molecule has 0 heterocycles. The summed E-state index contributed by atoms with van der Waals surface area (Å²) >= 11 is 0. The predicted octanol–water partition coefficient (Wildman–Crippen LogP) is 3.73.